The van der Waals surface area contributed by atoms with Crippen molar-refractivity contribution in [1.29, 1.82) is 5.26 Å². The zero-order chi connectivity index (χ0) is 10.7. The molecule has 1 aromatic rings. The summed E-state index contributed by atoms with van der Waals surface area (Å²) >= 11 is 0. The largest absolute Gasteiger partial charge is 0.198 e. The Balaban J connectivity index is 2.47. The van der Waals surface area contributed by atoms with E-state index in [1.807, 2.05) is 36.4 Å². The Morgan fingerprint density at radius 1 is 1.20 bits per heavy atom. The van der Waals surface area contributed by atoms with Crippen molar-refractivity contribution in [2.24, 2.45) is 5.92 Å². The molecular formula is C14H13N. The average molecular weight is 195 g/mol. The number of benzene rings is 1. The minimum Gasteiger partial charge on any atom is -0.198 e. The van der Waals surface area contributed by atoms with Gasteiger partial charge in [-0.05, 0) is 5.56 Å². The van der Waals surface area contributed by atoms with E-state index in [9.17, 15) is 0 Å². The molecule has 0 spiro atoms. The van der Waals surface area contributed by atoms with Gasteiger partial charge in [-0.3, -0.25) is 0 Å². The molecule has 0 amide bonds. The molecule has 15 heavy (non-hydrogen) atoms. The number of nitrogens with zero attached hydrogens (tertiary/aromatic N) is 1. The van der Waals surface area contributed by atoms with Crippen molar-refractivity contribution < 1.29 is 0 Å². The lowest BCUT2D eigenvalue weighted by Crippen LogP contribution is -2.29. The van der Waals surface area contributed by atoms with Crippen LogP contribution in [0.1, 0.15) is 12.5 Å². The minimum atomic E-state index is -0.190. The molecule has 0 saturated carbocycles. The van der Waals surface area contributed by atoms with Crippen molar-refractivity contribution in [3.8, 4) is 6.07 Å². The topological polar surface area (TPSA) is 23.8 Å². The lowest BCUT2D eigenvalue weighted by Gasteiger charge is -2.31. The van der Waals surface area contributed by atoms with Gasteiger partial charge in [-0.1, -0.05) is 61.6 Å². The number of hydrogen-bond acceptors (Lipinski definition) is 1. The fraction of sp³-hybridized carbons (Fsp3) is 0.214. The van der Waals surface area contributed by atoms with Crippen molar-refractivity contribution >= 4 is 0 Å². The van der Waals surface area contributed by atoms with Gasteiger partial charge < -0.3 is 0 Å². The average Bonchev–Trinajstić information content (AvgIpc) is 2.31. The zero-order valence-corrected chi connectivity index (χ0v) is 8.72. The van der Waals surface area contributed by atoms with Gasteiger partial charge in [0.15, 0.2) is 0 Å². The molecule has 0 radical (unpaired) electrons. The molecule has 0 N–H and O–H groups in total. The van der Waals surface area contributed by atoms with Crippen molar-refractivity contribution in [1.82, 2.24) is 0 Å². The van der Waals surface area contributed by atoms with E-state index in [0.29, 0.717) is 0 Å². The van der Waals surface area contributed by atoms with E-state index >= 15 is 0 Å². The summed E-state index contributed by atoms with van der Waals surface area (Å²) in [5.41, 5.74) is 1.00. The molecule has 0 aliphatic heterocycles. The Morgan fingerprint density at radius 2 is 1.93 bits per heavy atom. The van der Waals surface area contributed by atoms with Crippen LogP contribution in [0.25, 0.3) is 0 Å². The SMILES string of the molecule is CC1(c2ccccc2)C=CC=CC1C#N. The molecule has 1 nitrogen and oxygen atoms in total. The predicted molar refractivity (Wildman–Crippen MR) is 61.2 cm³/mol. The van der Waals surface area contributed by atoms with E-state index in [0.717, 1.165) is 0 Å². The normalized spacial score (nSPS) is 28.7. The van der Waals surface area contributed by atoms with Crippen LogP contribution >= 0.6 is 0 Å². The molecular weight excluding hydrogens is 182 g/mol. The van der Waals surface area contributed by atoms with Gasteiger partial charge in [0, 0.05) is 5.41 Å². The van der Waals surface area contributed by atoms with Crippen LogP contribution in [0, 0.1) is 17.2 Å². The van der Waals surface area contributed by atoms with E-state index in [1.165, 1.54) is 5.56 Å². The predicted octanol–water partition coefficient (Wildman–Crippen LogP) is 3.21. The number of hydrogen-bond donors (Lipinski definition) is 0. The molecule has 2 atom stereocenters. The third-order valence-electron chi connectivity index (χ3n) is 3.04. The van der Waals surface area contributed by atoms with Crippen molar-refractivity contribution in [2.75, 3.05) is 0 Å². The number of allylic oxidation sites excluding steroid dienone is 4. The standard InChI is InChI=1S/C14H13N/c1-14(12-7-3-2-4-8-12)10-6-5-9-13(14)11-15/h2-10,13H,1H3. The fourth-order valence-electron chi connectivity index (χ4n) is 1.98. The molecule has 2 rings (SSSR count). The number of rotatable bonds is 1. The van der Waals surface area contributed by atoms with Crippen molar-refractivity contribution in [2.45, 2.75) is 12.3 Å². The van der Waals surface area contributed by atoms with Gasteiger partial charge in [0.2, 0.25) is 0 Å². The van der Waals surface area contributed by atoms with Gasteiger partial charge in [-0.25, -0.2) is 0 Å². The maximum Gasteiger partial charge on any atom is 0.0775 e. The van der Waals surface area contributed by atoms with E-state index < -0.39 is 0 Å². The summed E-state index contributed by atoms with van der Waals surface area (Å²) in [5.74, 6) is -0.0788. The smallest absolute Gasteiger partial charge is 0.0775 e. The lowest BCUT2D eigenvalue weighted by atomic mass is 9.70. The molecule has 0 fully saturated rings. The first kappa shape index (κ1) is 9.73. The first-order valence-corrected chi connectivity index (χ1v) is 5.08. The molecule has 74 valence electrons. The van der Waals surface area contributed by atoms with Crippen LogP contribution in [0.5, 0.6) is 0 Å². The molecule has 0 heterocycles. The summed E-state index contributed by atoms with van der Waals surface area (Å²) in [6, 6.07) is 12.5. The molecule has 1 aliphatic rings. The monoisotopic (exact) mass is 195 g/mol. The Hall–Kier alpha value is -1.81. The van der Waals surface area contributed by atoms with E-state index in [2.05, 4.69) is 31.2 Å². The van der Waals surface area contributed by atoms with Gasteiger partial charge in [-0.15, -0.1) is 0 Å². The van der Waals surface area contributed by atoms with E-state index in [1.54, 1.807) is 0 Å². The maximum atomic E-state index is 9.15. The fourth-order valence-corrected chi connectivity index (χ4v) is 1.98. The first-order chi connectivity index (χ1) is 7.27. The van der Waals surface area contributed by atoms with E-state index in [4.69, 9.17) is 5.26 Å². The lowest BCUT2D eigenvalue weighted by molar-refractivity contribution is 0.507. The van der Waals surface area contributed by atoms with Crippen molar-refractivity contribution in [3.63, 3.8) is 0 Å². The Kier molecular flexibility index (Phi) is 2.43. The van der Waals surface area contributed by atoms with Gasteiger partial charge in [0.05, 0.1) is 12.0 Å². The molecule has 1 aliphatic carbocycles. The molecule has 1 heteroatoms. The summed E-state index contributed by atoms with van der Waals surface area (Å²) < 4.78 is 0. The highest BCUT2D eigenvalue weighted by molar-refractivity contribution is 5.39. The van der Waals surface area contributed by atoms with E-state index in [-0.39, 0.29) is 11.3 Å². The molecule has 0 saturated heterocycles. The number of nitriles is 1. The second kappa shape index (κ2) is 3.74. The summed E-state index contributed by atoms with van der Waals surface area (Å²) in [7, 11) is 0. The maximum absolute atomic E-state index is 9.15. The minimum absolute atomic E-state index is 0.0788. The Labute approximate surface area is 90.4 Å². The Morgan fingerprint density at radius 3 is 2.60 bits per heavy atom. The van der Waals surface area contributed by atoms with Gasteiger partial charge >= 0.3 is 0 Å². The third-order valence-corrected chi connectivity index (χ3v) is 3.04. The summed E-state index contributed by atoms with van der Waals surface area (Å²) in [6.45, 7) is 2.11. The molecule has 1 aromatic carbocycles. The van der Waals surface area contributed by atoms with Gasteiger partial charge in [-0.2, -0.15) is 5.26 Å². The van der Waals surface area contributed by atoms with Gasteiger partial charge in [0.25, 0.3) is 0 Å². The van der Waals surface area contributed by atoms with Crippen LogP contribution in [0.2, 0.25) is 0 Å². The highest BCUT2D eigenvalue weighted by atomic mass is 14.4. The quantitative estimate of drug-likeness (QED) is 0.675. The Bertz CT molecular complexity index is 436. The van der Waals surface area contributed by atoms with Gasteiger partial charge in [0.1, 0.15) is 0 Å². The molecule has 2 unspecified atom stereocenters. The second-order valence-corrected chi connectivity index (χ2v) is 4.00. The summed E-state index contributed by atoms with van der Waals surface area (Å²) in [6.07, 6.45) is 8.03. The van der Waals surface area contributed by atoms with Crippen LogP contribution in [-0.4, -0.2) is 0 Å². The van der Waals surface area contributed by atoms with Crippen molar-refractivity contribution in [3.05, 3.63) is 60.2 Å². The first-order valence-electron chi connectivity index (χ1n) is 5.08. The molecule has 0 aromatic heterocycles. The summed E-state index contributed by atoms with van der Waals surface area (Å²) in [4.78, 5) is 0. The highest BCUT2D eigenvalue weighted by Gasteiger charge is 2.33. The second-order valence-electron chi connectivity index (χ2n) is 4.00. The zero-order valence-electron chi connectivity index (χ0n) is 8.72. The van der Waals surface area contributed by atoms with Crippen LogP contribution in [0.4, 0.5) is 0 Å². The third kappa shape index (κ3) is 1.59. The van der Waals surface area contributed by atoms with Crippen LogP contribution in [-0.2, 0) is 5.41 Å². The van der Waals surface area contributed by atoms with Crippen LogP contribution in [0.15, 0.2) is 54.6 Å². The molecule has 0 bridgehead atoms. The van der Waals surface area contributed by atoms with Crippen LogP contribution < -0.4 is 0 Å². The highest BCUT2D eigenvalue weighted by Crippen LogP contribution is 2.36. The van der Waals surface area contributed by atoms with Crippen LogP contribution in [0.3, 0.4) is 0 Å². The summed E-state index contributed by atoms with van der Waals surface area (Å²) in [5, 5.41) is 9.15.